The number of halogens is 1. The quantitative estimate of drug-likeness (QED) is 0.0346. The van der Waals surface area contributed by atoms with Crippen molar-refractivity contribution in [3.63, 3.8) is 0 Å². The lowest BCUT2D eigenvalue weighted by Crippen LogP contribution is -2.29. The molecule has 0 bridgehead atoms. The molecule has 1 atom stereocenters. The van der Waals surface area contributed by atoms with Crippen LogP contribution in [0.5, 0.6) is 5.75 Å². The van der Waals surface area contributed by atoms with Crippen LogP contribution in [0.15, 0.2) is 82.7 Å². The van der Waals surface area contributed by atoms with E-state index < -0.39 is 23.7 Å². The Morgan fingerprint density at radius 1 is 1.00 bits per heavy atom. The van der Waals surface area contributed by atoms with Crippen molar-refractivity contribution in [2.24, 2.45) is 0 Å². The van der Waals surface area contributed by atoms with Crippen LogP contribution in [0.2, 0.25) is 5.02 Å². The number of carbonyl (C=O) groups excluding carboxylic acids is 3. The summed E-state index contributed by atoms with van der Waals surface area (Å²) in [5, 5.41) is 20.8. The monoisotopic (exact) mass is 649 g/mol. The van der Waals surface area contributed by atoms with E-state index >= 15 is 0 Å². The Bertz CT molecular complexity index is 1690. The van der Waals surface area contributed by atoms with Crippen LogP contribution < -0.4 is 9.64 Å². The molecule has 0 radical (unpaired) electrons. The summed E-state index contributed by atoms with van der Waals surface area (Å²) in [7, 11) is 1.28. The summed E-state index contributed by atoms with van der Waals surface area (Å²) < 4.78 is 11.1. The number of hydrogen-bond acceptors (Lipinski definition) is 10. The highest BCUT2D eigenvalue weighted by Crippen LogP contribution is 2.44. The lowest BCUT2D eigenvalue weighted by Gasteiger charge is -2.22. The number of nitrogens with zero attached hydrogens (tertiary/aromatic N) is 3. The second-order valence-electron chi connectivity index (χ2n) is 9.77. The Morgan fingerprint density at radius 3 is 2.34 bits per heavy atom. The molecule has 1 saturated heterocycles. The number of aliphatic hydroxyl groups is 1. The summed E-state index contributed by atoms with van der Waals surface area (Å²) in [4.78, 5) is 40.4. The van der Waals surface area contributed by atoms with E-state index in [4.69, 9.17) is 21.1 Å². The zero-order valence-corrected chi connectivity index (χ0v) is 26.2. The number of ketones is 1. The summed E-state index contributed by atoms with van der Waals surface area (Å²) in [5.41, 5.74) is 2.06. The van der Waals surface area contributed by atoms with Gasteiger partial charge in [-0.1, -0.05) is 72.3 Å². The molecule has 1 amide bonds. The average molecular weight is 650 g/mol. The normalized spacial score (nSPS) is 15.9. The maximum Gasteiger partial charge on any atom is 0.337 e. The van der Waals surface area contributed by atoms with Gasteiger partial charge in [0.15, 0.2) is 4.34 Å². The lowest BCUT2D eigenvalue weighted by molar-refractivity contribution is -0.132. The van der Waals surface area contributed by atoms with E-state index in [-0.39, 0.29) is 16.5 Å². The molecule has 9 nitrogen and oxygen atoms in total. The van der Waals surface area contributed by atoms with Crippen LogP contribution in [-0.2, 0) is 20.1 Å². The van der Waals surface area contributed by atoms with E-state index in [9.17, 15) is 19.5 Å². The number of esters is 1. The molecule has 1 aliphatic heterocycles. The highest BCUT2D eigenvalue weighted by atomic mass is 35.5. The van der Waals surface area contributed by atoms with Crippen molar-refractivity contribution >= 4 is 63.3 Å². The SMILES string of the molecule is CCCCOc1ccc(/C(O)=C2\C(=O)C(=O)N(c3nnc(SCc4ccc(Cl)cc4)s3)C2c2ccc(C(=O)OC)cc2)cc1. The molecular formula is C32H28ClN3O6S2. The van der Waals surface area contributed by atoms with Gasteiger partial charge < -0.3 is 14.6 Å². The number of rotatable bonds is 11. The largest absolute Gasteiger partial charge is 0.507 e. The van der Waals surface area contributed by atoms with Gasteiger partial charge in [0, 0.05) is 16.3 Å². The Kier molecular flexibility index (Phi) is 9.99. The summed E-state index contributed by atoms with van der Waals surface area (Å²) in [5.74, 6) is -1.35. The molecule has 44 heavy (non-hydrogen) atoms. The molecule has 3 aromatic carbocycles. The number of carbonyl (C=O) groups is 3. The minimum Gasteiger partial charge on any atom is -0.507 e. The predicted octanol–water partition coefficient (Wildman–Crippen LogP) is 7.08. The second-order valence-corrected chi connectivity index (χ2v) is 12.4. The van der Waals surface area contributed by atoms with Crippen molar-refractivity contribution in [2.45, 2.75) is 35.9 Å². The maximum absolute atomic E-state index is 13.5. The van der Waals surface area contributed by atoms with Gasteiger partial charge in [0.05, 0.1) is 30.9 Å². The molecule has 0 aliphatic carbocycles. The molecule has 1 N–H and O–H groups in total. The summed E-state index contributed by atoms with van der Waals surface area (Å²) >= 11 is 8.58. The summed E-state index contributed by atoms with van der Waals surface area (Å²) in [6.45, 7) is 2.64. The van der Waals surface area contributed by atoms with E-state index in [0.29, 0.717) is 44.2 Å². The number of aliphatic hydroxyl groups excluding tert-OH is 1. The Hall–Kier alpha value is -4.19. The van der Waals surface area contributed by atoms with Gasteiger partial charge in [0.25, 0.3) is 5.78 Å². The fraction of sp³-hybridized carbons (Fsp3) is 0.219. The topological polar surface area (TPSA) is 119 Å². The van der Waals surface area contributed by atoms with E-state index in [1.807, 2.05) is 12.1 Å². The van der Waals surface area contributed by atoms with Crippen LogP contribution in [-0.4, -0.2) is 46.7 Å². The Labute approximate surface area is 267 Å². The molecule has 12 heteroatoms. The van der Waals surface area contributed by atoms with Crippen LogP contribution in [0, 0.1) is 0 Å². The molecule has 2 heterocycles. The van der Waals surface area contributed by atoms with Gasteiger partial charge in [-0.3, -0.25) is 14.5 Å². The average Bonchev–Trinajstić information content (AvgIpc) is 3.62. The van der Waals surface area contributed by atoms with Crippen molar-refractivity contribution in [3.8, 4) is 5.75 Å². The lowest BCUT2D eigenvalue weighted by atomic mass is 9.94. The number of aromatic nitrogens is 2. The number of Topliss-reactive ketones (excluding diaryl/α,β-unsaturated/α-hetero) is 1. The van der Waals surface area contributed by atoms with Crippen LogP contribution in [0.1, 0.15) is 52.9 Å². The van der Waals surface area contributed by atoms with Crippen LogP contribution >= 0.6 is 34.7 Å². The third kappa shape index (κ3) is 6.80. The minimum atomic E-state index is -1.02. The number of unbranched alkanes of at least 4 members (excludes halogenated alkanes) is 1. The molecule has 4 aromatic rings. The number of hydrogen-bond donors (Lipinski definition) is 1. The smallest absolute Gasteiger partial charge is 0.337 e. The molecule has 1 fully saturated rings. The second kappa shape index (κ2) is 14.1. The Morgan fingerprint density at radius 2 is 1.68 bits per heavy atom. The van der Waals surface area contributed by atoms with E-state index in [0.717, 1.165) is 29.7 Å². The maximum atomic E-state index is 13.5. The predicted molar refractivity (Wildman–Crippen MR) is 170 cm³/mol. The van der Waals surface area contributed by atoms with Gasteiger partial charge in [-0.05, 0) is 66.1 Å². The zero-order chi connectivity index (χ0) is 31.2. The van der Waals surface area contributed by atoms with Gasteiger partial charge in [-0.15, -0.1) is 10.2 Å². The molecule has 0 saturated carbocycles. The third-order valence-electron chi connectivity index (χ3n) is 6.86. The van der Waals surface area contributed by atoms with Gasteiger partial charge in [-0.25, -0.2) is 4.79 Å². The first-order valence-corrected chi connectivity index (χ1v) is 15.9. The number of benzene rings is 3. The van der Waals surface area contributed by atoms with Crippen molar-refractivity contribution in [2.75, 3.05) is 18.6 Å². The fourth-order valence-corrected chi connectivity index (χ4v) is 6.50. The number of methoxy groups -OCH3 is 1. The van der Waals surface area contributed by atoms with E-state index in [2.05, 4.69) is 17.1 Å². The first kappa shape index (κ1) is 31.2. The third-order valence-corrected chi connectivity index (χ3v) is 9.24. The van der Waals surface area contributed by atoms with Crippen molar-refractivity contribution in [1.82, 2.24) is 10.2 Å². The summed E-state index contributed by atoms with van der Waals surface area (Å²) in [6.07, 6.45) is 1.91. The number of ether oxygens (including phenoxy) is 2. The minimum absolute atomic E-state index is 0.106. The van der Waals surface area contributed by atoms with E-state index in [1.54, 1.807) is 48.5 Å². The molecule has 0 spiro atoms. The molecule has 1 aliphatic rings. The fourth-order valence-electron chi connectivity index (χ4n) is 4.55. The molecule has 226 valence electrons. The molecule has 1 aromatic heterocycles. The molecular weight excluding hydrogens is 622 g/mol. The van der Waals surface area contributed by atoms with Crippen LogP contribution in [0.4, 0.5) is 5.13 Å². The highest BCUT2D eigenvalue weighted by molar-refractivity contribution is 8.00. The zero-order valence-electron chi connectivity index (χ0n) is 23.9. The van der Waals surface area contributed by atoms with Gasteiger partial charge in [0.1, 0.15) is 11.5 Å². The van der Waals surface area contributed by atoms with Gasteiger partial charge in [0.2, 0.25) is 5.13 Å². The van der Waals surface area contributed by atoms with Crippen molar-refractivity contribution < 1.29 is 29.0 Å². The van der Waals surface area contributed by atoms with Crippen LogP contribution in [0.25, 0.3) is 5.76 Å². The highest BCUT2D eigenvalue weighted by Gasteiger charge is 2.48. The standard InChI is InChI=1S/C32H28ClN3O6S2/c1-3-4-17-42-24-15-11-21(12-16-24)27(37)25-26(20-7-9-22(10-8-20)30(40)41-2)36(29(39)28(25)38)31-34-35-32(44-31)43-18-19-5-13-23(33)14-6-19/h5-16,26,37H,3-4,17-18H2,1-2H3/b27-25+. The number of thioether (sulfide) groups is 1. The molecule has 1 unspecified atom stereocenters. The van der Waals surface area contributed by atoms with Crippen molar-refractivity contribution in [3.05, 3.63) is 106 Å². The number of amides is 1. The number of anilines is 1. The summed E-state index contributed by atoms with van der Waals surface area (Å²) in [6, 6.07) is 19.4. The van der Waals surface area contributed by atoms with E-state index in [1.165, 1.54) is 35.9 Å². The first-order chi connectivity index (χ1) is 21.3. The van der Waals surface area contributed by atoms with Gasteiger partial charge in [-0.2, -0.15) is 0 Å². The first-order valence-electron chi connectivity index (χ1n) is 13.7. The van der Waals surface area contributed by atoms with Crippen molar-refractivity contribution in [1.29, 1.82) is 0 Å². The molecule has 5 rings (SSSR count). The Balaban J connectivity index is 1.50. The van der Waals surface area contributed by atoms with Gasteiger partial charge >= 0.3 is 11.9 Å². The van der Waals surface area contributed by atoms with Crippen LogP contribution in [0.3, 0.4) is 0 Å².